The minimum absolute atomic E-state index is 0.662. The number of nitrogens with one attached hydrogen (secondary N) is 1. The van der Waals surface area contributed by atoms with Crippen LogP contribution in [0.4, 0.5) is 0 Å². The van der Waals surface area contributed by atoms with Crippen LogP contribution in [0.25, 0.3) is 0 Å². The van der Waals surface area contributed by atoms with Crippen molar-refractivity contribution in [3.8, 4) is 0 Å². The molecule has 36 heavy (non-hydrogen) atoms. The highest BCUT2D eigenvalue weighted by Gasteiger charge is 2.25. The Labute approximate surface area is 222 Å². The van der Waals surface area contributed by atoms with E-state index in [1.165, 1.54) is 12.8 Å². The maximum Gasteiger partial charge on any atom is 0.0185 e. The molecule has 0 saturated carbocycles. The van der Waals surface area contributed by atoms with E-state index in [1.807, 2.05) is 36.5 Å². The van der Waals surface area contributed by atoms with E-state index in [1.54, 1.807) is 0 Å². The average molecular weight is 499 g/mol. The summed E-state index contributed by atoms with van der Waals surface area (Å²) in [5, 5.41) is 4.87. The van der Waals surface area contributed by atoms with E-state index in [0.29, 0.717) is 5.92 Å². The monoisotopic (exact) mass is 498 g/mol. The van der Waals surface area contributed by atoms with E-state index in [9.17, 15) is 0 Å². The first-order chi connectivity index (χ1) is 17.6. The van der Waals surface area contributed by atoms with Gasteiger partial charge in [0.2, 0.25) is 0 Å². The Morgan fingerprint density at radius 3 is 1.22 bits per heavy atom. The molecule has 0 aromatic heterocycles. The summed E-state index contributed by atoms with van der Waals surface area (Å²) in [4.78, 5) is 7.19. The number of rotatable bonds is 24. The lowest BCUT2D eigenvalue weighted by Crippen LogP contribution is -2.59. The third-order valence-electron chi connectivity index (χ3n) is 6.46. The first-order valence-corrected chi connectivity index (χ1v) is 13.7. The summed E-state index contributed by atoms with van der Waals surface area (Å²) in [6, 6.07) is 0. The lowest BCUT2D eigenvalue weighted by molar-refractivity contribution is -0.0482. The van der Waals surface area contributed by atoms with Crippen LogP contribution in [0.3, 0.4) is 0 Å². The molecule has 1 heterocycles. The zero-order valence-corrected chi connectivity index (χ0v) is 23.0. The van der Waals surface area contributed by atoms with Gasteiger partial charge in [0.15, 0.2) is 0 Å². The predicted octanol–water partition coefficient (Wildman–Crippen LogP) is 4.22. The fourth-order valence-electron chi connectivity index (χ4n) is 4.87. The summed E-state index contributed by atoms with van der Waals surface area (Å²) in [6.45, 7) is 36.3. The quantitative estimate of drug-likeness (QED) is 0.200. The van der Waals surface area contributed by atoms with Crippen LogP contribution < -0.4 is 5.53 Å². The number of hydrazine groups is 2. The van der Waals surface area contributed by atoms with Gasteiger partial charge in [-0.15, -0.1) is 39.5 Å². The summed E-state index contributed by atoms with van der Waals surface area (Å²) < 4.78 is 0. The molecule has 1 saturated heterocycles. The van der Waals surface area contributed by atoms with Gasteiger partial charge >= 0.3 is 0 Å². The van der Waals surface area contributed by atoms with E-state index in [0.717, 1.165) is 97.9 Å². The molecule has 0 unspecified atom stereocenters. The van der Waals surface area contributed by atoms with E-state index in [4.69, 9.17) is 0 Å². The second-order valence-corrected chi connectivity index (χ2v) is 9.72. The Morgan fingerprint density at radius 1 is 0.556 bits per heavy atom. The smallest absolute Gasteiger partial charge is 0.0185 e. The summed E-state index contributed by atoms with van der Waals surface area (Å²) in [5.74, 6) is 0.662. The van der Waals surface area contributed by atoms with Gasteiger partial charge in [-0.2, -0.15) is 5.53 Å². The van der Waals surface area contributed by atoms with Gasteiger partial charge in [0, 0.05) is 78.5 Å². The molecule has 6 heteroatoms. The number of hydrogen-bond acceptors (Lipinski definition) is 6. The Hall–Kier alpha value is -1.80. The molecule has 0 atom stereocenters. The summed E-state index contributed by atoms with van der Waals surface area (Å²) in [6.07, 6.45) is 16.6. The van der Waals surface area contributed by atoms with Crippen LogP contribution in [-0.4, -0.2) is 110 Å². The molecule has 6 nitrogen and oxygen atoms in total. The van der Waals surface area contributed by atoms with Crippen molar-refractivity contribution in [3.63, 3.8) is 0 Å². The van der Waals surface area contributed by atoms with E-state index in [-0.39, 0.29) is 0 Å². The first-order valence-electron chi connectivity index (χ1n) is 13.7. The number of hydrogen-bond donors (Lipinski definition) is 1. The topological polar surface area (TPSA) is 28.2 Å². The molecule has 1 aliphatic rings. The Morgan fingerprint density at radius 2 is 0.889 bits per heavy atom. The molecule has 1 rings (SSSR count). The Kier molecular flexibility index (Phi) is 19.1. The molecule has 0 bridgehead atoms. The molecule has 0 radical (unpaired) electrons. The third-order valence-corrected chi connectivity index (χ3v) is 6.46. The predicted molar refractivity (Wildman–Crippen MR) is 159 cm³/mol. The highest BCUT2D eigenvalue weighted by atomic mass is 15.8. The fourth-order valence-corrected chi connectivity index (χ4v) is 4.87. The molecule has 1 fully saturated rings. The lowest BCUT2D eigenvalue weighted by Gasteiger charge is -2.41. The maximum absolute atomic E-state index is 3.90. The van der Waals surface area contributed by atoms with Gasteiger partial charge in [-0.25, -0.2) is 10.0 Å². The van der Waals surface area contributed by atoms with E-state index in [2.05, 4.69) is 69.7 Å². The van der Waals surface area contributed by atoms with Crippen LogP contribution in [0, 0.1) is 5.92 Å². The number of nitrogens with zero attached hydrogens (tertiary/aromatic N) is 5. The Bertz CT molecular complexity index is 511. The summed E-state index contributed by atoms with van der Waals surface area (Å²) in [5.41, 5.74) is 3.71. The van der Waals surface area contributed by atoms with Crippen molar-refractivity contribution in [3.05, 3.63) is 75.9 Å². The van der Waals surface area contributed by atoms with Crippen molar-refractivity contribution in [1.82, 2.24) is 30.3 Å². The zero-order chi connectivity index (χ0) is 26.4. The summed E-state index contributed by atoms with van der Waals surface area (Å²) >= 11 is 0. The third kappa shape index (κ3) is 14.7. The normalized spacial score (nSPS) is 15.4. The van der Waals surface area contributed by atoms with Crippen LogP contribution in [0.2, 0.25) is 0 Å². The highest BCUT2D eigenvalue weighted by molar-refractivity contribution is 4.83. The summed E-state index contributed by atoms with van der Waals surface area (Å²) in [7, 11) is 0. The molecule has 0 aliphatic carbocycles. The van der Waals surface area contributed by atoms with Gasteiger partial charge in [0.05, 0.1) is 0 Å². The molecule has 0 spiro atoms. The van der Waals surface area contributed by atoms with Crippen molar-refractivity contribution >= 4 is 0 Å². The SMILES string of the molecule is C=CCN(CC=C)CCCC1CN(CCCN(CC=C)CC=C)NN(CCCN(CC=C)CC=C)C1. The molecule has 0 amide bonds. The van der Waals surface area contributed by atoms with E-state index < -0.39 is 0 Å². The molecule has 204 valence electrons. The van der Waals surface area contributed by atoms with Gasteiger partial charge in [-0.3, -0.25) is 14.7 Å². The molecule has 1 aliphatic heterocycles. The maximum atomic E-state index is 3.90. The fraction of sp³-hybridized carbons (Fsp3) is 0.600. The van der Waals surface area contributed by atoms with Crippen LogP contribution in [-0.2, 0) is 0 Å². The zero-order valence-electron chi connectivity index (χ0n) is 23.0. The van der Waals surface area contributed by atoms with Crippen LogP contribution in [0.15, 0.2) is 75.9 Å². The molecular formula is C30H54N6. The second kappa shape index (κ2) is 21.3. The highest BCUT2D eigenvalue weighted by Crippen LogP contribution is 2.16. The van der Waals surface area contributed by atoms with E-state index >= 15 is 0 Å². The van der Waals surface area contributed by atoms with Gasteiger partial charge in [0.1, 0.15) is 0 Å². The Balaban J connectivity index is 2.64. The van der Waals surface area contributed by atoms with Gasteiger partial charge in [0.25, 0.3) is 0 Å². The molecule has 0 aromatic rings. The second-order valence-electron chi connectivity index (χ2n) is 9.72. The standard InChI is InChI=1S/C30H54N6/c1-7-17-32(18-8-2)23-13-16-30-28-35(26-14-24-33(19-9-3)20-10-4)31-36(29-30)27-15-25-34(21-11-5)22-12-6/h7-12,30-31H,1-6,13-29H2. The average Bonchev–Trinajstić information content (AvgIpc) is 2.85. The largest absolute Gasteiger partial charge is 0.296 e. The molecule has 0 aromatic carbocycles. The molecule has 1 N–H and O–H groups in total. The molecular weight excluding hydrogens is 444 g/mol. The minimum Gasteiger partial charge on any atom is -0.296 e. The van der Waals surface area contributed by atoms with Crippen LogP contribution >= 0.6 is 0 Å². The van der Waals surface area contributed by atoms with Crippen molar-refractivity contribution in [2.75, 3.05) is 85.1 Å². The lowest BCUT2D eigenvalue weighted by atomic mass is 10.0. The van der Waals surface area contributed by atoms with Crippen molar-refractivity contribution < 1.29 is 0 Å². The minimum atomic E-state index is 0.662. The van der Waals surface area contributed by atoms with Crippen molar-refractivity contribution in [2.24, 2.45) is 5.92 Å². The van der Waals surface area contributed by atoms with Gasteiger partial charge in [-0.05, 0) is 38.1 Å². The van der Waals surface area contributed by atoms with Crippen molar-refractivity contribution in [1.29, 1.82) is 0 Å². The van der Waals surface area contributed by atoms with Crippen LogP contribution in [0.1, 0.15) is 25.7 Å². The first kappa shape index (κ1) is 32.2. The van der Waals surface area contributed by atoms with Crippen LogP contribution in [0.5, 0.6) is 0 Å². The van der Waals surface area contributed by atoms with Crippen molar-refractivity contribution in [2.45, 2.75) is 25.7 Å². The van der Waals surface area contributed by atoms with Gasteiger partial charge < -0.3 is 0 Å². The van der Waals surface area contributed by atoms with Gasteiger partial charge in [-0.1, -0.05) is 36.5 Å².